The van der Waals surface area contributed by atoms with E-state index in [0.717, 1.165) is 18.2 Å². The van der Waals surface area contributed by atoms with Gasteiger partial charge in [-0.2, -0.15) is 0 Å². The second-order valence-corrected chi connectivity index (χ2v) is 6.60. The third-order valence-electron chi connectivity index (χ3n) is 4.30. The highest BCUT2D eigenvalue weighted by Gasteiger charge is 2.21. The van der Waals surface area contributed by atoms with Crippen molar-refractivity contribution in [2.24, 2.45) is 0 Å². The molecule has 28 heavy (non-hydrogen) atoms. The Hall–Kier alpha value is -2.85. The number of aromatic nitrogens is 1. The molecule has 1 aromatic carbocycles. The summed E-state index contributed by atoms with van der Waals surface area (Å²) in [6.07, 6.45) is 0. The van der Waals surface area contributed by atoms with E-state index in [2.05, 4.69) is 15.8 Å². The fourth-order valence-electron chi connectivity index (χ4n) is 2.90. The number of hydrogen-bond acceptors (Lipinski definition) is 6. The predicted molar refractivity (Wildman–Crippen MR) is 97.7 cm³/mol. The Bertz CT molecular complexity index is 849. The Balaban J connectivity index is 1.40. The highest BCUT2D eigenvalue weighted by molar-refractivity contribution is 5.92. The largest absolute Gasteiger partial charge is 0.360 e. The van der Waals surface area contributed by atoms with Gasteiger partial charge in [0.15, 0.2) is 5.82 Å². The summed E-state index contributed by atoms with van der Waals surface area (Å²) in [7, 11) is 0. The molecular formula is C18H21F2N5O3. The minimum Gasteiger partial charge on any atom is -0.360 e. The van der Waals surface area contributed by atoms with Gasteiger partial charge in [-0.3, -0.25) is 19.4 Å². The van der Waals surface area contributed by atoms with Gasteiger partial charge in [-0.1, -0.05) is 5.16 Å². The van der Waals surface area contributed by atoms with Crippen LogP contribution in [-0.4, -0.2) is 66.0 Å². The summed E-state index contributed by atoms with van der Waals surface area (Å²) >= 11 is 0. The van der Waals surface area contributed by atoms with Crippen LogP contribution in [0.15, 0.2) is 28.8 Å². The molecule has 0 saturated carbocycles. The van der Waals surface area contributed by atoms with E-state index in [1.54, 1.807) is 13.0 Å². The molecule has 0 spiro atoms. The number of anilines is 2. The Morgan fingerprint density at radius 2 is 1.64 bits per heavy atom. The number of carbonyl (C=O) groups excluding carboxylic acids is 2. The van der Waals surface area contributed by atoms with Crippen molar-refractivity contribution in [2.75, 3.05) is 49.9 Å². The molecule has 0 atom stereocenters. The number of halogens is 2. The van der Waals surface area contributed by atoms with Crippen LogP contribution in [0.25, 0.3) is 0 Å². The van der Waals surface area contributed by atoms with Crippen LogP contribution < -0.4 is 10.6 Å². The second-order valence-electron chi connectivity index (χ2n) is 6.60. The van der Waals surface area contributed by atoms with Crippen LogP contribution in [0.1, 0.15) is 5.76 Å². The number of rotatable bonds is 6. The van der Waals surface area contributed by atoms with Gasteiger partial charge in [0, 0.05) is 38.3 Å². The zero-order valence-corrected chi connectivity index (χ0v) is 15.4. The molecule has 1 aliphatic rings. The van der Waals surface area contributed by atoms with Crippen molar-refractivity contribution in [3.8, 4) is 0 Å². The summed E-state index contributed by atoms with van der Waals surface area (Å²) in [6.45, 7) is 4.37. The number of nitrogens with zero attached hydrogens (tertiary/aromatic N) is 3. The fourth-order valence-corrected chi connectivity index (χ4v) is 2.90. The molecule has 0 bridgehead atoms. The lowest BCUT2D eigenvalue weighted by molar-refractivity contribution is -0.120. The lowest BCUT2D eigenvalue weighted by Gasteiger charge is -2.33. The highest BCUT2D eigenvalue weighted by atomic mass is 19.1. The summed E-state index contributed by atoms with van der Waals surface area (Å²) in [6, 6.07) is 4.54. The van der Waals surface area contributed by atoms with E-state index in [9.17, 15) is 18.4 Å². The van der Waals surface area contributed by atoms with Crippen molar-refractivity contribution < 1.29 is 22.9 Å². The first-order valence-corrected chi connectivity index (χ1v) is 8.82. The van der Waals surface area contributed by atoms with Gasteiger partial charge in [0.2, 0.25) is 11.8 Å². The molecule has 2 heterocycles. The molecule has 10 heteroatoms. The Kier molecular flexibility index (Phi) is 6.32. The summed E-state index contributed by atoms with van der Waals surface area (Å²) in [5, 5.41) is 8.75. The molecule has 1 aromatic heterocycles. The average molecular weight is 393 g/mol. The van der Waals surface area contributed by atoms with Crippen molar-refractivity contribution >= 4 is 23.3 Å². The first kappa shape index (κ1) is 19.9. The van der Waals surface area contributed by atoms with Gasteiger partial charge in [-0.05, 0) is 19.1 Å². The monoisotopic (exact) mass is 393 g/mol. The second kappa shape index (κ2) is 8.89. The molecule has 3 rings (SSSR count). The normalized spacial score (nSPS) is 15.4. The van der Waals surface area contributed by atoms with E-state index in [-0.39, 0.29) is 24.7 Å². The molecule has 0 unspecified atom stereocenters. The lowest BCUT2D eigenvalue weighted by atomic mass is 10.2. The molecule has 0 aliphatic carbocycles. The minimum atomic E-state index is -0.687. The van der Waals surface area contributed by atoms with Gasteiger partial charge >= 0.3 is 0 Å². The molecule has 1 aliphatic heterocycles. The van der Waals surface area contributed by atoms with E-state index >= 15 is 0 Å². The van der Waals surface area contributed by atoms with E-state index in [1.807, 2.05) is 9.80 Å². The minimum absolute atomic E-state index is 0.0637. The molecule has 1 saturated heterocycles. The third kappa shape index (κ3) is 5.57. The quantitative estimate of drug-likeness (QED) is 0.772. The number of carbonyl (C=O) groups is 2. The molecule has 2 aromatic rings. The van der Waals surface area contributed by atoms with Gasteiger partial charge < -0.3 is 15.2 Å². The van der Waals surface area contributed by atoms with Crippen LogP contribution >= 0.6 is 0 Å². The molecular weight excluding hydrogens is 372 g/mol. The van der Waals surface area contributed by atoms with Crippen LogP contribution in [0, 0.1) is 18.6 Å². The maximum atomic E-state index is 13.6. The standard InChI is InChI=1S/C18H21F2N5O3/c1-12-8-16(23-28-12)22-18(27)11-25-6-4-24(5-7-25)10-17(26)21-15-9-13(19)2-3-14(15)20/h2-3,8-9H,4-7,10-11H2,1H3,(H,21,26)(H,22,23,27). The van der Waals surface area contributed by atoms with Crippen molar-refractivity contribution in [1.29, 1.82) is 0 Å². The average Bonchev–Trinajstić information content (AvgIpc) is 3.04. The fraction of sp³-hybridized carbons (Fsp3) is 0.389. The van der Waals surface area contributed by atoms with E-state index in [0.29, 0.717) is 37.8 Å². The van der Waals surface area contributed by atoms with Crippen molar-refractivity contribution in [3.63, 3.8) is 0 Å². The Labute approximate surface area is 160 Å². The van der Waals surface area contributed by atoms with Crippen LogP contribution in [-0.2, 0) is 9.59 Å². The number of nitrogens with one attached hydrogen (secondary N) is 2. The number of amides is 2. The van der Waals surface area contributed by atoms with E-state index in [4.69, 9.17) is 4.52 Å². The summed E-state index contributed by atoms with van der Waals surface area (Å²) in [5.41, 5.74) is -0.177. The van der Waals surface area contributed by atoms with Crippen LogP contribution in [0.5, 0.6) is 0 Å². The van der Waals surface area contributed by atoms with E-state index in [1.165, 1.54) is 0 Å². The van der Waals surface area contributed by atoms with Crippen LogP contribution in [0.4, 0.5) is 20.3 Å². The zero-order valence-electron chi connectivity index (χ0n) is 15.4. The van der Waals surface area contributed by atoms with Crippen LogP contribution in [0.2, 0.25) is 0 Å². The molecule has 2 amide bonds. The smallest absolute Gasteiger partial charge is 0.239 e. The molecule has 150 valence electrons. The summed E-state index contributed by atoms with van der Waals surface area (Å²) in [5.74, 6) is -0.932. The number of aryl methyl sites for hydroxylation is 1. The maximum absolute atomic E-state index is 13.6. The molecule has 1 fully saturated rings. The Morgan fingerprint density at radius 3 is 2.21 bits per heavy atom. The summed E-state index contributed by atoms with van der Waals surface area (Å²) in [4.78, 5) is 28.0. The van der Waals surface area contributed by atoms with Gasteiger partial charge in [0.25, 0.3) is 0 Å². The lowest BCUT2D eigenvalue weighted by Crippen LogP contribution is -2.50. The van der Waals surface area contributed by atoms with Gasteiger partial charge in [-0.25, -0.2) is 8.78 Å². The predicted octanol–water partition coefficient (Wildman–Crippen LogP) is 1.46. The SMILES string of the molecule is Cc1cc(NC(=O)CN2CCN(CC(=O)Nc3cc(F)ccc3F)CC2)no1. The highest BCUT2D eigenvalue weighted by Crippen LogP contribution is 2.15. The maximum Gasteiger partial charge on any atom is 0.239 e. The van der Waals surface area contributed by atoms with Crippen molar-refractivity contribution in [2.45, 2.75) is 6.92 Å². The van der Waals surface area contributed by atoms with Crippen molar-refractivity contribution in [3.05, 3.63) is 41.7 Å². The third-order valence-corrected chi connectivity index (χ3v) is 4.30. The van der Waals surface area contributed by atoms with Gasteiger partial charge in [0.1, 0.15) is 17.4 Å². The van der Waals surface area contributed by atoms with E-state index < -0.39 is 17.5 Å². The number of benzene rings is 1. The topological polar surface area (TPSA) is 90.7 Å². The first-order chi connectivity index (χ1) is 13.4. The number of piperazine rings is 1. The van der Waals surface area contributed by atoms with Crippen molar-refractivity contribution in [1.82, 2.24) is 15.0 Å². The van der Waals surface area contributed by atoms with Crippen LogP contribution in [0.3, 0.4) is 0 Å². The Morgan fingerprint density at radius 1 is 1.04 bits per heavy atom. The molecule has 8 nitrogen and oxygen atoms in total. The van der Waals surface area contributed by atoms with Gasteiger partial charge in [-0.15, -0.1) is 0 Å². The zero-order chi connectivity index (χ0) is 20.1. The molecule has 0 radical (unpaired) electrons. The molecule has 2 N–H and O–H groups in total. The first-order valence-electron chi connectivity index (χ1n) is 8.82. The summed E-state index contributed by atoms with van der Waals surface area (Å²) < 4.78 is 31.7. The van der Waals surface area contributed by atoms with Gasteiger partial charge in [0.05, 0.1) is 18.8 Å². The number of hydrogen-bond donors (Lipinski definition) is 2.